The molecular formula is C20H27N5O2S. The van der Waals surface area contributed by atoms with Gasteiger partial charge in [0, 0.05) is 30.7 Å². The van der Waals surface area contributed by atoms with E-state index in [2.05, 4.69) is 27.8 Å². The molecule has 0 saturated carbocycles. The van der Waals surface area contributed by atoms with Crippen LogP contribution in [0.25, 0.3) is 0 Å². The van der Waals surface area contributed by atoms with E-state index in [1.807, 2.05) is 43.0 Å². The van der Waals surface area contributed by atoms with Gasteiger partial charge < -0.3 is 15.5 Å². The zero-order chi connectivity index (χ0) is 20.1. The van der Waals surface area contributed by atoms with Crippen molar-refractivity contribution in [2.45, 2.75) is 52.0 Å². The van der Waals surface area contributed by atoms with Crippen LogP contribution in [0.4, 0.5) is 10.5 Å². The van der Waals surface area contributed by atoms with Gasteiger partial charge in [-0.1, -0.05) is 36.5 Å². The molecule has 1 aliphatic heterocycles. The van der Waals surface area contributed by atoms with Crippen LogP contribution in [0.2, 0.25) is 0 Å². The highest BCUT2D eigenvalue weighted by molar-refractivity contribution is 7.13. The number of piperidine rings is 1. The van der Waals surface area contributed by atoms with Crippen LogP contribution in [-0.4, -0.2) is 46.2 Å². The number of anilines is 1. The Labute approximate surface area is 169 Å². The van der Waals surface area contributed by atoms with Gasteiger partial charge in [-0.25, -0.2) is 4.79 Å². The number of amides is 3. The molecular weight excluding hydrogens is 374 g/mol. The van der Waals surface area contributed by atoms with Crippen LogP contribution in [0.5, 0.6) is 0 Å². The summed E-state index contributed by atoms with van der Waals surface area (Å²) in [6.45, 7) is 7.36. The molecule has 0 unspecified atom stereocenters. The Hall–Kier alpha value is -2.48. The number of nitrogens with zero attached hydrogens (tertiary/aromatic N) is 3. The molecule has 1 aromatic heterocycles. The summed E-state index contributed by atoms with van der Waals surface area (Å²) in [5.74, 6) is -0.130. The predicted molar refractivity (Wildman–Crippen MR) is 111 cm³/mol. The van der Waals surface area contributed by atoms with Crippen LogP contribution in [0.1, 0.15) is 59.4 Å². The van der Waals surface area contributed by atoms with Gasteiger partial charge in [0.25, 0.3) is 5.91 Å². The fraction of sp³-hybridized carbons (Fsp3) is 0.500. The normalized spacial score (nSPS) is 17.8. The van der Waals surface area contributed by atoms with E-state index in [-0.39, 0.29) is 23.9 Å². The monoisotopic (exact) mass is 401 g/mol. The summed E-state index contributed by atoms with van der Waals surface area (Å²) in [5, 5.41) is 15.4. The summed E-state index contributed by atoms with van der Waals surface area (Å²) in [6, 6.07) is 7.76. The number of nitrogens with one attached hydrogen (secondary N) is 2. The maximum absolute atomic E-state index is 12.5. The molecule has 2 aromatic rings. The summed E-state index contributed by atoms with van der Waals surface area (Å²) >= 11 is 1.31. The van der Waals surface area contributed by atoms with Crippen molar-refractivity contribution >= 4 is 29.0 Å². The van der Waals surface area contributed by atoms with Gasteiger partial charge in [-0.15, -0.1) is 10.2 Å². The lowest BCUT2D eigenvalue weighted by Crippen LogP contribution is -2.47. The van der Waals surface area contributed by atoms with Crippen molar-refractivity contribution < 1.29 is 9.59 Å². The molecule has 1 fully saturated rings. The number of carbonyl (C=O) groups excluding carboxylic acids is 2. The van der Waals surface area contributed by atoms with E-state index in [9.17, 15) is 9.59 Å². The number of aryl methyl sites for hydroxylation is 1. The van der Waals surface area contributed by atoms with Crippen molar-refractivity contribution in [2.24, 2.45) is 0 Å². The highest BCUT2D eigenvalue weighted by Crippen LogP contribution is 2.29. The van der Waals surface area contributed by atoms with E-state index < -0.39 is 0 Å². The van der Waals surface area contributed by atoms with E-state index in [1.165, 1.54) is 11.3 Å². The van der Waals surface area contributed by atoms with E-state index in [1.54, 1.807) is 0 Å². The van der Waals surface area contributed by atoms with Gasteiger partial charge in [0.1, 0.15) is 5.01 Å². The Morgan fingerprint density at radius 1 is 1.32 bits per heavy atom. The average Bonchev–Trinajstić information content (AvgIpc) is 3.20. The van der Waals surface area contributed by atoms with Gasteiger partial charge in [0.05, 0.1) is 0 Å². The molecule has 1 aliphatic rings. The van der Waals surface area contributed by atoms with Crippen molar-refractivity contribution in [1.82, 2.24) is 20.4 Å². The number of likely N-dealkylation sites (tertiary alicyclic amines) is 1. The molecule has 0 aliphatic carbocycles. The molecule has 3 amide bonds. The average molecular weight is 402 g/mol. The first-order valence-electron chi connectivity index (χ1n) is 9.73. The number of benzene rings is 1. The van der Waals surface area contributed by atoms with Crippen molar-refractivity contribution in [1.29, 1.82) is 0 Å². The third-order valence-corrected chi connectivity index (χ3v) is 6.15. The first kappa shape index (κ1) is 20.3. The maximum atomic E-state index is 12.5. The fourth-order valence-corrected chi connectivity index (χ4v) is 4.01. The molecule has 150 valence electrons. The summed E-state index contributed by atoms with van der Waals surface area (Å²) in [4.78, 5) is 26.8. The van der Waals surface area contributed by atoms with Gasteiger partial charge in [-0.3, -0.25) is 4.79 Å². The smallest absolute Gasteiger partial charge is 0.317 e. The molecule has 7 nitrogen and oxygen atoms in total. The van der Waals surface area contributed by atoms with Gasteiger partial charge >= 0.3 is 6.03 Å². The number of carbonyl (C=O) groups is 2. The minimum Gasteiger partial charge on any atom is -0.336 e. The van der Waals surface area contributed by atoms with E-state index in [0.717, 1.165) is 42.1 Å². The van der Waals surface area contributed by atoms with Gasteiger partial charge in [0.15, 0.2) is 0 Å². The van der Waals surface area contributed by atoms with E-state index in [4.69, 9.17) is 0 Å². The maximum Gasteiger partial charge on any atom is 0.317 e. The molecule has 0 radical (unpaired) electrons. The number of urea groups is 1. The summed E-state index contributed by atoms with van der Waals surface area (Å²) in [7, 11) is 0. The lowest BCUT2D eigenvalue weighted by atomic mass is 9.99. The Morgan fingerprint density at radius 3 is 2.86 bits per heavy atom. The second-order valence-corrected chi connectivity index (χ2v) is 8.27. The van der Waals surface area contributed by atoms with Crippen molar-refractivity contribution in [3.8, 4) is 0 Å². The van der Waals surface area contributed by atoms with Crippen molar-refractivity contribution in [3.05, 3.63) is 39.8 Å². The van der Waals surface area contributed by atoms with Crippen molar-refractivity contribution in [3.63, 3.8) is 0 Å². The Kier molecular flexibility index (Phi) is 6.61. The van der Waals surface area contributed by atoms with Crippen LogP contribution in [0.15, 0.2) is 24.3 Å². The summed E-state index contributed by atoms with van der Waals surface area (Å²) < 4.78 is 0. The minimum atomic E-state index is -0.250. The first-order chi connectivity index (χ1) is 13.5. The van der Waals surface area contributed by atoms with Crippen LogP contribution in [0.3, 0.4) is 0 Å². The van der Waals surface area contributed by atoms with E-state index >= 15 is 0 Å². The summed E-state index contributed by atoms with van der Waals surface area (Å²) in [5.41, 5.74) is 1.77. The quantitative estimate of drug-likeness (QED) is 0.798. The fourth-order valence-electron chi connectivity index (χ4n) is 3.15. The van der Waals surface area contributed by atoms with Crippen LogP contribution >= 0.6 is 11.3 Å². The standard InChI is InChI=1S/C20H27N5O2S/c1-4-14(3)21-20(27)25-11-7-9-15(12-25)18-23-24-19(28-18)17(26)22-16-10-6-5-8-13(16)2/h5-6,8,10,14-15H,4,7,9,11-12H2,1-3H3,(H,21,27)(H,22,26)/t14-,15+/m0/s1. The third kappa shape index (κ3) is 4.86. The predicted octanol–water partition coefficient (Wildman–Crippen LogP) is 3.79. The highest BCUT2D eigenvalue weighted by atomic mass is 32.1. The molecule has 0 spiro atoms. The molecule has 0 bridgehead atoms. The SMILES string of the molecule is CC[C@H](C)NC(=O)N1CCC[C@@H](c2nnc(C(=O)Nc3ccccc3C)s2)C1. The van der Waals surface area contributed by atoms with Crippen LogP contribution < -0.4 is 10.6 Å². The second-order valence-electron chi connectivity index (χ2n) is 7.26. The third-order valence-electron chi connectivity index (χ3n) is 5.07. The van der Waals surface area contributed by atoms with Crippen LogP contribution in [-0.2, 0) is 0 Å². The molecule has 1 aromatic carbocycles. The molecule has 1 saturated heterocycles. The van der Waals surface area contributed by atoms with Gasteiger partial charge in [-0.05, 0) is 44.7 Å². The Bertz CT molecular complexity index is 838. The van der Waals surface area contributed by atoms with Gasteiger partial charge in [-0.2, -0.15) is 0 Å². The van der Waals surface area contributed by atoms with Crippen molar-refractivity contribution in [2.75, 3.05) is 18.4 Å². The molecule has 28 heavy (non-hydrogen) atoms. The zero-order valence-corrected chi connectivity index (χ0v) is 17.4. The lowest BCUT2D eigenvalue weighted by molar-refractivity contribution is 0.102. The minimum absolute atomic E-state index is 0.0268. The highest BCUT2D eigenvalue weighted by Gasteiger charge is 2.28. The summed E-state index contributed by atoms with van der Waals surface area (Å²) in [6.07, 6.45) is 2.77. The Morgan fingerprint density at radius 2 is 2.11 bits per heavy atom. The number of hydrogen-bond donors (Lipinski definition) is 2. The molecule has 2 heterocycles. The number of aromatic nitrogens is 2. The number of hydrogen-bond acceptors (Lipinski definition) is 5. The number of para-hydroxylation sites is 1. The lowest BCUT2D eigenvalue weighted by Gasteiger charge is -2.32. The number of rotatable bonds is 5. The largest absolute Gasteiger partial charge is 0.336 e. The zero-order valence-electron chi connectivity index (χ0n) is 16.6. The van der Waals surface area contributed by atoms with Crippen LogP contribution in [0, 0.1) is 6.92 Å². The van der Waals surface area contributed by atoms with E-state index in [0.29, 0.717) is 11.6 Å². The Balaban J connectivity index is 1.63. The van der Waals surface area contributed by atoms with Gasteiger partial charge in [0.2, 0.25) is 5.01 Å². The topological polar surface area (TPSA) is 87.2 Å². The molecule has 3 rings (SSSR count). The first-order valence-corrected chi connectivity index (χ1v) is 10.6. The molecule has 2 atom stereocenters. The molecule has 8 heteroatoms. The second kappa shape index (κ2) is 9.14. The molecule has 2 N–H and O–H groups in total.